The van der Waals surface area contributed by atoms with E-state index in [0.29, 0.717) is 23.0 Å². The zero-order valence-corrected chi connectivity index (χ0v) is 15.3. The molecule has 0 aromatic heterocycles. The van der Waals surface area contributed by atoms with E-state index in [4.69, 9.17) is 4.74 Å². The molecule has 0 saturated heterocycles. The first-order chi connectivity index (χ1) is 12.1. The first-order valence-corrected chi connectivity index (χ1v) is 9.01. The summed E-state index contributed by atoms with van der Waals surface area (Å²) in [6.45, 7) is 0.808. The lowest BCUT2D eigenvalue weighted by atomic mass is 10.0. The molecule has 1 amide bonds. The number of carbonyl (C=O) groups is 1. The van der Waals surface area contributed by atoms with Gasteiger partial charge in [0.25, 0.3) is 0 Å². The van der Waals surface area contributed by atoms with Crippen LogP contribution in [0, 0.1) is 5.82 Å². The second-order valence-corrected chi connectivity index (χ2v) is 6.79. The fourth-order valence-electron chi connectivity index (χ4n) is 2.88. The molecular weight excluding hydrogens is 385 g/mol. The minimum absolute atomic E-state index is 0.208. The second kappa shape index (κ2) is 8.30. The monoisotopic (exact) mass is 403 g/mol. The van der Waals surface area contributed by atoms with Crippen LogP contribution in [0.5, 0.6) is 0 Å². The minimum atomic E-state index is -0.367. The highest BCUT2D eigenvalue weighted by molar-refractivity contribution is 9.10. The minimum Gasteiger partial charge on any atom is -0.445 e. The van der Waals surface area contributed by atoms with Crippen LogP contribution in [0.2, 0.25) is 0 Å². The maximum atomic E-state index is 14.2. The van der Waals surface area contributed by atoms with Gasteiger partial charge in [0.05, 0.1) is 10.5 Å². The average Bonchev–Trinajstić information content (AvgIpc) is 2.65. The van der Waals surface area contributed by atoms with Gasteiger partial charge in [0.1, 0.15) is 12.4 Å². The summed E-state index contributed by atoms with van der Waals surface area (Å²) in [4.78, 5) is 14.2. The number of carbonyl (C=O) groups excluding carboxylic acids is 1. The van der Waals surface area contributed by atoms with E-state index in [1.165, 1.54) is 0 Å². The third-order valence-corrected chi connectivity index (χ3v) is 4.81. The summed E-state index contributed by atoms with van der Waals surface area (Å²) in [5.41, 5.74) is 1.52. The molecular formula is C20H19BrFNO2. The molecule has 0 aliphatic carbocycles. The zero-order chi connectivity index (χ0) is 17.6. The number of rotatable bonds is 4. The number of hydrogen-bond acceptors (Lipinski definition) is 2. The first kappa shape index (κ1) is 17.7. The van der Waals surface area contributed by atoms with Crippen LogP contribution in [0.15, 0.2) is 65.2 Å². The number of nitrogens with zero attached hydrogens (tertiary/aromatic N) is 1. The molecule has 1 aliphatic rings. The molecule has 2 aromatic rings. The molecule has 0 fully saturated rings. The van der Waals surface area contributed by atoms with Gasteiger partial charge in [-0.2, -0.15) is 0 Å². The Morgan fingerprint density at radius 2 is 2.00 bits per heavy atom. The molecule has 0 saturated carbocycles. The second-order valence-electron chi connectivity index (χ2n) is 5.93. The van der Waals surface area contributed by atoms with Gasteiger partial charge >= 0.3 is 6.09 Å². The van der Waals surface area contributed by atoms with Crippen LogP contribution in [0.4, 0.5) is 9.18 Å². The van der Waals surface area contributed by atoms with Crippen molar-refractivity contribution in [2.24, 2.45) is 0 Å². The van der Waals surface area contributed by atoms with Crippen LogP contribution in [-0.4, -0.2) is 23.6 Å². The van der Waals surface area contributed by atoms with Crippen LogP contribution in [0.3, 0.4) is 0 Å². The summed E-state index contributed by atoms with van der Waals surface area (Å²) in [5.74, 6) is -0.279. The smallest absolute Gasteiger partial charge is 0.410 e. The molecule has 1 heterocycles. The maximum absolute atomic E-state index is 14.2. The molecule has 0 radical (unpaired) electrons. The summed E-state index contributed by atoms with van der Waals surface area (Å²) >= 11 is 3.21. The molecule has 25 heavy (non-hydrogen) atoms. The fourth-order valence-corrected chi connectivity index (χ4v) is 3.28. The van der Waals surface area contributed by atoms with Crippen molar-refractivity contribution >= 4 is 22.0 Å². The third kappa shape index (κ3) is 4.48. The van der Waals surface area contributed by atoms with Gasteiger partial charge in [0.2, 0.25) is 0 Å². The van der Waals surface area contributed by atoms with E-state index in [1.54, 1.807) is 23.1 Å². The van der Waals surface area contributed by atoms with Crippen molar-refractivity contribution < 1.29 is 13.9 Å². The maximum Gasteiger partial charge on any atom is 0.410 e. The zero-order valence-electron chi connectivity index (χ0n) is 13.7. The Morgan fingerprint density at radius 1 is 1.20 bits per heavy atom. The Bertz CT molecular complexity index is 764. The first-order valence-electron chi connectivity index (χ1n) is 8.22. The van der Waals surface area contributed by atoms with Crippen LogP contribution in [0.25, 0.3) is 0 Å². The largest absolute Gasteiger partial charge is 0.445 e. The van der Waals surface area contributed by atoms with E-state index >= 15 is 0 Å². The molecule has 1 atom stereocenters. The molecule has 2 aromatic carbocycles. The van der Waals surface area contributed by atoms with E-state index in [9.17, 15) is 9.18 Å². The quantitative estimate of drug-likeness (QED) is 0.664. The SMILES string of the molecule is O=C(OCc1ccccc1)N1CCC=C[C@H]1Cc1cccc(Br)c1F. The van der Waals surface area contributed by atoms with Gasteiger partial charge in [-0.3, -0.25) is 0 Å². The van der Waals surface area contributed by atoms with E-state index in [1.807, 2.05) is 42.5 Å². The van der Waals surface area contributed by atoms with Gasteiger partial charge in [-0.15, -0.1) is 0 Å². The molecule has 0 bridgehead atoms. The van der Waals surface area contributed by atoms with Crippen LogP contribution in [0.1, 0.15) is 17.5 Å². The van der Waals surface area contributed by atoms with Crippen LogP contribution < -0.4 is 0 Å². The summed E-state index contributed by atoms with van der Waals surface area (Å²) in [5, 5.41) is 0. The van der Waals surface area contributed by atoms with Crippen molar-refractivity contribution in [2.45, 2.75) is 25.5 Å². The van der Waals surface area contributed by atoms with Crippen LogP contribution >= 0.6 is 15.9 Å². The number of halogens is 2. The normalized spacial score (nSPS) is 16.7. The van der Waals surface area contributed by atoms with Crippen LogP contribution in [-0.2, 0) is 17.8 Å². The highest BCUT2D eigenvalue weighted by Gasteiger charge is 2.26. The molecule has 3 nitrogen and oxygen atoms in total. The van der Waals surface area contributed by atoms with Crippen molar-refractivity contribution in [3.05, 3.63) is 82.1 Å². The van der Waals surface area contributed by atoms with E-state index in [2.05, 4.69) is 15.9 Å². The molecule has 1 aliphatic heterocycles. The highest BCUT2D eigenvalue weighted by Crippen LogP contribution is 2.23. The predicted octanol–water partition coefficient (Wildman–Crippen LogP) is 5.10. The highest BCUT2D eigenvalue weighted by atomic mass is 79.9. The molecule has 3 rings (SSSR count). The molecule has 0 N–H and O–H groups in total. The summed E-state index contributed by atoms with van der Waals surface area (Å²) in [6.07, 6.45) is 4.81. The summed E-state index contributed by atoms with van der Waals surface area (Å²) in [6, 6.07) is 14.6. The Kier molecular flexibility index (Phi) is 5.87. The topological polar surface area (TPSA) is 29.5 Å². The van der Waals surface area contributed by atoms with Gasteiger partial charge in [0, 0.05) is 6.54 Å². The fraction of sp³-hybridized carbons (Fsp3) is 0.250. The Balaban J connectivity index is 1.67. The number of benzene rings is 2. The number of hydrogen-bond donors (Lipinski definition) is 0. The lowest BCUT2D eigenvalue weighted by Gasteiger charge is -2.31. The Labute approximate surface area is 155 Å². The lowest BCUT2D eigenvalue weighted by molar-refractivity contribution is 0.0859. The predicted molar refractivity (Wildman–Crippen MR) is 98.7 cm³/mol. The Hall–Kier alpha value is -2.14. The van der Waals surface area contributed by atoms with Crippen molar-refractivity contribution in [3.8, 4) is 0 Å². The van der Waals surface area contributed by atoms with E-state index < -0.39 is 0 Å². The lowest BCUT2D eigenvalue weighted by Crippen LogP contribution is -2.43. The van der Waals surface area contributed by atoms with Crippen molar-refractivity contribution in [2.75, 3.05) is 6.54 Å². The molecule has 130 valence electrons. The van der Waals surface area contributed by atoms with Gasteiger partial charge < -0.3 is 9.64 Å². The van der Waals surface area contributed by atoms with Crippen molar-refractivity contribution in [3.63, 3.8) is 0 Å². The van der Waals surface area contributed by atoms with Crippen molar-refractivity contribution in [1.29, 1.82) is 0 Å². The summed E-state index contributed by atoms with van der Waals surface area (Å²) < 4.78 is 20.1. The van der Waals surface area contributed by atoms with Gasteiger partial charge in [-0.1, -0.05) is 54.6 Å². The molecule has 0 unspecified atom stereocenters. The summed E-state index contributed by atoms with van der Waals surface area (Å²) in [7, 11) is 0. The van der Waals surface area contributed by atoms with Gasteiger partial charge in [-0.25, -0.2) is 9.18 Å². The van der Waals surface area contributed by atoms with E-state index in [-0.39, 0.29) is 24.6 Å². The number of amides is 1. The Morgan fingerprint density at radius 3 is 2.80 bits per heavy atom. The molecule has 0 spiro atoms. The standard InChI is InChI=1S/C20H19BrFNO2/c21-18-11-6-9-16(19(18)22)13-17-10-4-5-12-23(17)20(24)25-14-15-7-2-1-3-8-15/h1-4,6-11,17H,5,12-14H2/t17-/m0/s1. The van der Waals surface area contributed by atoms with E-state index in [0.717, 1.165) is 12.0 Å². The van der Waals surface area contributed by atoms with Gasteiger partial charge in [0.15, 0.2) is 0 Å². The third-order valence-electron chi connectivity index (χ3n) is 4.20. The number of ether oxygens (including phenoxy) is 1. The average molecular weight is 404 g/mol. The van der Waals surface area contributed by atoms with Gasteiger partial charge in [-0.05, 0) is 46.0 Å². The molecule has 5 heteroatoms. The van der Waals surface area contributed by atoms with Crippen molar-refractivity contribution in [1.82, 2.24) is 4.90 Å².